The number of carbonyl (C=O) groups is 1. The SMILES string of the molecule is NS(=O)(=O)c1cc(C(=O)O)c(NCC2CCCO2)cc1C(F)(F)F. The van der Waals surface area contributed by atoms with Crippen LogP contribution in [0.3, 0.4) is 0 Å². The van der Waals surface area contributed by atoms with E-state index in [4.69, 9.17) is 15.0 Å². The summed E-state index contributed by atoms with van der Waals surface area (Å²) in [4.78, 5) is 9.99. The first-order valence-corrected chi connectivity index (χ1v) is 8.41. The molecule has 0 saturated carbocycles. The van der Waals surface area contributed by atoms with Crippen molar-refractivity contribution in [3.8, 4) is 0 Å². The monoisotopic (exact) mass is 368 g/mol. The number of sulfonamides is 1. The van der Waals surface area contributed by atoms with Crippen molar-refractivity contribution in [2.75, 3.05) is 18.5 Å². The van der Waals surface area contributed by atoms with Crippen LogP contribution in [0.25, 0.3) is 0 Å². The third kappa shape index (κ3) is 4.16. The van der Waals surface area contributed by atoms with E-state index in [1.165, 1.54) is 0 Å². The van der Waals surface area contributed by atoms with Gasteiger partial charge < -0.3 is 15.2 Å². The van der Waals surface area contributed by atoms with Gasteiger partial charge in [0, 0.05) is 18.8 Å². The summed E-state index contributed by atoms with van der Waals surface area (Å²) in [5.41, 5.74) is -2.49. The Hall–Kier alpha value is -1.85. The summed E-state index contributed by atoms with van der Waals surface area (Å²) in [5, 5.41) is 16.5. The topological polar surface area (TPSA) is 119 Å². The van der Waals surface area contributed by atoms with Gasteiger partial charge in [-0.1, -0.05) is 0 Å². The predicted molar refractivity (Wildman–Crippen MR) is 77.2 cm³/mol. The maximum Gasteiger partial charge on any atom is 0.417 e. The summed E-state index contributed by atoms with van der Waals surface area (Å²) in [6, 6.07) is 0.858. The first-order valence-electron chi connectivity index (χ1n) is 6.87. The second-order valence-corrected chi connectivity index (χ2v) is 6.79. The number of ether oxygens (including phenoxy) is 1. The lowest BCUT2D eigenvalue weighted by molar-refractivity contribution is -0.139. The number of hydrogen-bond donors (Lipinski definition) is 3. The van der Waals surface area contributed by atoms with Crippen molar-refractivity contribution >= 4 is 21.7 Å². The number of rotatable bonds is 5. The molecule has 0 bridgehead atoms. The quantitative estimate of drug-likeness (QED) is 0.727. The minimum Gasteiger partial charge on any atom is -0.478 e. The van der Waals surface area contributed by atoms with Crippen LogP contribution in [0, 0.1) is 0 Å². The Balaban J connectivity index is 2.50. The molecule has 134 valence electrons. The fourth-order valence-corrected chi connectivity index (χ4v) is 3.15. The molecule has 1 unspecified atom stereocenters. The molecule has 1 fully saturated rings. The number of carboxylic acids is 1. The summed E-state index contributed by atoms with van der Waals surface area (Å²) in [6.45, 7) is 0.628. The normalized spacial score (nSPS) is 18.6. The number of alkyl halides is 3. The van der Waals surface area contributed by atoms with E-state index in [1.807, 2.05) is 0 Å². The predicted octanol–water partition coefficient (Wildman–Crippen LogP) is 1.64. The van der Waals surface area contributed by atoms with Crippen molar-refractivity contribution in [2.24, 2.45) is 5.14 Å². The summed E-state index contributed by atoms with van der Waals surface area (Å²) >= 11 is 0. The molecule has 1 atom stereocenters. The summed E-state index contributed by atoms with van der Waals surface area (Å²) < 4.78 is 67.4. The van der Waals surface area contributed by atoms with Crippen LogP contribution in [-0.2, 0) is 20.9 Å². The van der Waals surface area contributed by atoms with E-state index >= 15 is 0 Å². The molecular formula is C13H15F3N2O5S. The molecule has 0 radical (unpaired) electrons. The molecule has 0 amide bonds. The Morgan fingerprint density at radius 2 is 2.08 bits per heavy atom. The lowest BCUT2D eigenvalue weighted by Gasteiger charge is -2.18. The van der Waals surface area contributed by atoms with Gasteiger partial charge in [-0.25, -0.2) is 18.4 Å². The first-order chi connectivity index (χ1) is 11.0. The van der Waals surface area contributed by atoms with Crippen LogP contribution in [0.15, 0.2) is 17.0 Å². The molecule has 1 aromatic rings. The Kier molecular flexibility index (Phi) is 5.06. The van der Waals surface area contributed by atoms with Crippen LogP contribution >= 0.6 is 0 Å². The molecule has 1 aromatic carbocycles. The third-order valence-corrected chi connectivity index (χ3v) is 4.46. The zero-order valence-corrected chi connectivity index (χ0v) is 13.1. The highest BCUT2D eigenvalue weighted by Crippen LogP contribution is 2.37. The number of halogens is 3. The van der Waals surface area contributed by atoms with Gasteiger partial charge in [0.05, 0.1) is 22.1 Å². The van der Waals surface area contributed by atoms with Crippen LogP contribution in [0.5, 0.6) is 0 Å². The van der Waals surface area contributed by atoms with Gasteiger partial charge >= 0.3 is 12.1 Å². The zero-order chi connectivity index (χ0) is 18.1. The molecule has 7 nitrogen and oxygen atoms in total. The Labute approximate surface area is 135 Å². The number of carboxylic acid groups (broad SMARTS) is 1. The van der Waals surface area contributed by atoms with Gasteiger partial charge in [0.15, 0.2) is 0 Å². The van der Waals surface area contributed by atoms with E-state index in [1.54, 1.807) is 0 Å². The summed E-state index contributed by atoms with van der Waals surface area (Å²) in [5.74, 6) is -1.58. The fourth-order valence-electron chi connectivity index (χ4n) is 2.39. The number of benzene rings is 1. The maximum atomic E-state index is 13.1. The Morgan fingerprint density at radius 1 is 1.42 bits per heavy atom. The first kappa shape index (κ1) is 18.5. The minimum atomic E-state index is -5.01. The Bertz CT molecular complexity index is 743. The van der Waals surface area contributed by atoms with Gasteiger partial charge in [-0.2, -0.15) is 13.2 Å². The molecule has 0 aliphatic carbocycles. The zero-order valence-electron chi connectivity index (χ0n) is 12.3. The van der Waals surface area contributed by atoms with Crippen molar-refractivity contribution in [1.29, 1.82) is 0 Å². The van der Waals surface area contributed by atoms with Crippen molar-refractivity contribution in [2.45, 2.75) is 30.0 Å². The fraction of sp³-hybridized carbons (Fsp3) is 0.462. The van der Waals surface area contributed by atoms with Gasteiger partial charge in [0.2, 0.25) is 10.0 Å². The summed E-state index contributed by atoms with van der Waals surface area (Å²) in [7, 11) is -4.76. The van der Waals surface area contributed by atoms with Crippen molar-refractivity contribution in [3.05, 3.63) is 23.3 Å². The van der Waals surface area contributed by atoms with E-state index in [0.29, 0.717) is 25.2 Å². The maximum absolute atomic E-state index is 13.1. The van der Waals surface area contributed by atoms with Crippen LogP contribution in [0.2, 0.25) is 0 Å². The minimum absolute atomic E-state index is 0.103. The molecular weight excluding hydrogens is 353 g/mol. The number of anilines is 1. The van der Waals surface area contributed by atoms with Crippen molar-refractivity contribution < 1.29 is 36.2 Å². The lowest BCUT2D eigenvalue weighted by Crippen LogP contribution is -2.23. The van der Waals surface area contributed by atoms with Gasteiger partial charge in [-0.15, -0.1) is 0 Å². The molecule has 0 spiro atoms. The van der Waals surface area contributed by atoms with E-state index < -0.39 is 38.2 Å². The van der Waals surface area contributed by atoms with Crippen molar-refractivity contribution in [3.63, 3.8) is 0 Å². The largest absolute Gasteiger partial charge is 0.478 e. The number of aromatic carboxylic acids is 1. The summed E-state index contributed by atoms with van der Waals surface area (Å²) in [6.07, 6.45) is -3.77. The molecule has 1 aliphatic rings. The highest BCUT2D eigenvalue weighted by atomic mass is 32.2. The van der Waals surface area contributed by atoms with Crippen LogP contribution in [0.4, 0.5) is 18.9 Å². The van der Waals surface area contributed by atoms with E-state index in [0.717, 1.165) is 6.42 Å². The van der Waals surface area contributed by atoms with E-state index in [2.05, 4.69) is 5.32 Å². The van der Waals surface area contributed by atoms with E-state index in [9.17, 15) is 26.4 Å². The van der Waals surface area contributed by atoms with Crippen LogP contribution in [0.1, 0.15) is 28.8 Å². The number of hydrogen-bond acceptors (Lipinski definition) is 5. The smallest absolute Gasteiger partial charge is 0.417 e. The second kappa shape index (κ2) is 6.57. The molecule has 11 heteroatoms. The number of primary sulfonamides is 1. The Morgan fingerprint density at radius 3 is 2.54 bits per heavy atom. The standard InChI is InChI=1S/C13H15F3N2O5S/c14-13(15,16)9-5-10(18-6-7-2-1-3-23-7)8(12(19)20)4-11(9)24(17,21)22/h4-5,7,18H,1-3,6H2,(H,19,20)(H2,17,21,22). The second-order valence-electron chi connectivity index (χ2n) is 5.26. The molecule has 1 heterocycles. The molecule has 1 aliphatic heterocycles. The highest BCUT2D eigenvalue weighted by molar-refractivity contribution is 7.89. The van der Waals surface area contributed by atoms with E-state index in [-0.39, 0.29) is 18.3 Å². The van der Waals surface area contributed by atoms with Crippen LogP contribution in [-0.4, -0.2) is 38.7 Å². The third-order valence-electron chi connectivity index (χ3n) is 3.51. The lowest BCUT2D eigenvalue weighted by atomic mass is 10.1. The number of nitrogens with one attached hydrogen (secondary N) is 1. The molecule has 24 heavy (non-hydrogen) atoms. The average Bonchev–Trinajstić information content (AvgIpc) is 2.95. The molecule has 4 N–H and O–H groups in total. The van der Waals surface area contributed by atoms with Crippen molar-refractivity contribution in [1.82, 2.24) is 0 Å². The number of nitrogens with two attached hydrogens (primary N) is 1. The highest BCUT2D eigenvalue weighted by Gasteiger charge is 2.38. The molecule has 1 saturated heterocycles. The molecule has 0 aromatic heterocycles. The van der Waals surface area contributed by atoms with Gasteiger partial charge in [-0.3, -0.25) is 0 Å². The molecule has 2 rings (SSSR count). The van der Waals surface area contributed by atoms with Gasteiger partial charge in [0.25, 0.3) is 0 Å². The van der Waals surface area contributed by atoms with Crippen LogP contribution < -0.4 is 10.5 Å². The average molecular weight is 368 g/mol. The van der Waals surface area contributed by atoms with Gasteiger partial charge in [0.1, 0.15) is 0 Å². The van der Waals surface area contributed by atoms with Gasteiger partial charge in [-0.05, 0) is 25.0 Å².